The zero-order valence-corrected chi connectivity index (χ0v) is 9.32. The minimum absolute atomic E-state index is 0.336. The molecule has 0 aliphatic rings. The predicted octanol–water partition coefficient (Wildman–Crippen LogP) is 3.26. The van der Waals surface area contributed by atoms with Crippen molar-refractivity contribution in [2.45, 2.75) is 0 Å². The first-order valence-corrected chi connectivity index (χ1v) is 4.94. The van der Waals surface area contributed by atoms with E-state index in [4.69, 9.17) is 23.2 Å². The average molecular weight is 244 g/mol. The summed E-state index contributed by atoms with van der Waals surface area (Å²) in [6, 6.07) is 4.97. The van der Waals surface area contributed by atoms with Crippen molar-refractivity contribution in [1.29, 1.82) is 0 Å². The van der Waals surface area contributed by atoms with Crippen LogP contribution in [0.4, 0.5) is 0 Å². The molecule has 0 saturated carbocycles. The van der Waals surface area contributed by atoms with E-state index in [-0.39, 0.29) is 0 Å². The van der Waals surface area contributed by atoms with Crippen molar-refractivity contribution in [3.63, 3.8) is 0 Å². The van der Waals surface area contributed by atoms with Gasteiger partial charge in [0, 0.05) is 5.39 Å². The fraction of sp³-hybridized carbons (Fsp3) is 0.100. The number of hydrogen-bond acceptors (Lipinski definition) is 2. The highest BCUT2D eigenvalue weighted by molar-refractivity contribution is 6.40. The number of aromatic nitrogens is 1. The largest absolute Gasteiger partial charge is 0.464 e. The van der Waals surface area contributed by atoms with Gasteiger partial charge in [-0.25, -0.2) is 4.79 Å². The van der Waals surface area contributed by atoms with Crippen molar-refractivity contribution in [2.75, 3.05) is 7.11 Å². The van der Waals surface area contributed by atoms with E-state index in [2.05, 4.69) is 9.72 Å². The number of nitrogens with one attached hydrogen (secondary N) is 1. The van der Waals surface area contributed by atoms with Gasteiger partial charge in [-0.1, -0.05) is 23.2 Å². The van der Waals surface area contributed by atoms with E-state index >= 15 is 0 Å². The van der Waals surface area contributed by atoms with Gasteiger partial charge in [-0.05, 0) is 18.2 Å². The Balaban J connectivity index is 2.70. The Kier molecular flexibility index (Phi) is 2.59. The van der Waals surface area contributed by atoms with E-state index in [9.17, 15) is 4.79 Å². The van der Waals surface area contributed by atoms with E-state index in [0.29, 0.717) is 26.6 Å². The summed E-state index contributed by atoms with van der Waals surface area (Å²) in [5, 5.41) is 1.77. The first-order chi connectivity index (χ1) is 7.13. The van der Waals surface area contributed by atoms with Gasteiger partial charge in [0.2, 0.25) is 0 Å². The molecule has 0 saturated heterocycles. The average Bonchev–Trinajstić information content (AvgIpc) is 2.68. The number of halogens is 2. The van der Waals surface area contributed by atoms with E-state index < -0.39 is 5.97 Å². The Bertz CT molecular complexity index is 494. The highest BCUT2D eigenvalue weighted by atomic mass is 35.5. The Morgan fingerprint density at radius 1 is 1.33 bits per heavy atom. The van der Waals surface area contributed by atoms with Gasteiger partial charge in [0.25, 0.3) is 0 Å². The van der Waals surface area contributed by atoms with Crippen molar-refractivity contribution in [3.05, 3.63) is 33.9 Å². The second-order valence-electron chi connectivity index (χ2n) is 2.99. The zero-order chi connectivity index (χ0) is 11.0. The van der Waals surface area contributed by atoms with Crippen LogP contribution in [0.1, 0.15) is 10.5 Å². The van der Waals surface area contributed by atoms with Gasteiger partial charge in [0.15, 0.2) is 0 Å². The zero-order valence-electron chi connectivity index (χ0n) is 7.80. The maximum absolute atomic E-state index is 11.3. The second kappa shape index (κ2) is 3.76. The maximum Gasteiger partial charge on any atom is 0.354 e. The van der Waals surface area contributed by atoms with E-state index in [1.165, 1.54) is 7.11 Å². The smallest absolute Gasteiger partial charge is 0.354 e. The van der Waals surface area contributed by atoms with Crippen LogP contribution < -0.4 is 0 Å². The van der Waals surface area contributed by atoms with Crippen LogP contribution in [-0.4, -0.2) is 18.1 Å². The fourth-order valence-electron chi connectivity index (χ4n) is 1.37. The van der Waals surface area contributed by atoms with Gasteiger partial charge >= 0.3 is 5.97 Å². The fourth-order valence-corrected chi connectivity index (χ4v) is 1.79. The molecule has 5 heteroatoms. The number of methoxy groups -OCH3 is 1. The van der Waals surface area contributed by atoms with E-state index in [1.807, 2.05) is 0 Å². The molecule has 78 valence electrons. The molecule has 0 radical (unpaired) electrons. The lowest BCUT2D eigenvalue weighted by atomic mass is 10.2. The first kappa shape index (κ1) is 10.3. The Morgan fingerprint density at radius 3 is 2.60 bits per heavy atom. The number of hydrogen-bond donors (Lipinski definition) is 1. The summed E-state index contributed by atoms with van der Waals surface area (Å²) in [7, 11) is 1.32. The lowest BCUT2D eigenvalue weighted by Gasteiger charge is -1.95. The van der Waals surface area contributed by atoms with E-state index in [1.54, 1.807) is 18.2 Å². The van der Waals surface area contributed by atoms with Gasteiger partial charge in [0.05, 0.1) is 22.7 Å². The molecule has 0 spiro atoms. The number of esters is 1. The molecule has 0 aliphatic heterocycles. The third kappa shape index (κ3) is 1.68. The summed E-state index contributed by atoms with van der Waals surface area (Å²) in [4.78, 5) is 14.1. The Hall–Kier alpha value is -1.19. The van der Waals surface area contributed by atoms with Gasteiger partial charge in [-0.2, -0.15) is 0 Å². The van der Waals surface area contributed by atoms with E-state index in [0.717, 1.165) is 0 Å². The third-order valence-electron chi connectivity index (χ3n) is 2.10. The number of H-pyrrole nitrogens is 1. The van der Waals surface area contributed by atoms with Gasteiger partial charge in [-0.3, -0.25) is 0 Å². The summed E-state index contributed by atoms with van der Waals surface area (Å²) in [6.45, 7) is 0. The topological polar surface area (TPSA) is 42.1 Å². The molecular formula is C10H7Cl2NO2. The number of carbonyl (C=O) groups is 1. The third-order valence-corrected chi connectivity index (χ3v) is 2.74. The number of rotatable bonds is 1. The van der Waals surface area contributed by atoms with Crippen LogP contribution in [0.2, 0.25) is 10.0 Å². The maximum atomic E-state index is 11.3. The van der Waals surface area contributed by atoms with Crippen LogP contribution in [0.5, 0.6) is 0 Å². The minimum Gasteiger partial charge on any atom is -0.464 e. The summed E-state index contributed by atoms with van der Waals surface area (Å²) in [5.41, 5.74) is 0.979. The molecule has 0 atom stereocenters. The van der Waals surface area contributed by atoms with Crippen LogP contribution in [0.25, 0.3) is 10.9 Å². The molecule has 0 fully saturated rings. The number of ether oxygens (including phenoxy) is 1. The number of carbonyl (C=O) groups excluding carboxylic acids is 1. The minimum atomic E-state index is -0.446. The Labute approximate surface area is 95.9 Å². The molecule has 1 aromatic carbocycles. The van der Waals surface area contributed by atoms with Crippen LogP contribution in [0, 0.1) is 0 Å². The SMILES string of the molecule is COC(=O)c1cc2c(Cl)ccc(Cl)c2[nH]1. The van der Waals surface area contributed by atoms with Crippen LogP contribution in [-0.2, 0) is 4.74 Å². The number of fused-ring (bicyclic) bond motifs is 1. The first-order valence-electron chi connectivity index (χ1n) is 4.18. The molecule has 1 N–H and O–H groups in total. The molecule has 1 heterocycles. The molecule has 0 bridgehead atoms. The Morgan fingerprint density at radius 2 is 2.00 bits per heavy atom. The summed E-state index contributed by atoms with van der Waals surface area (Å²) < 4.78 is 4.59. The lowest BCUT2D eigenvalue weighted by Crippen LogP contribution is -2.00. The highest BCUT2D eigenvalue weighted by Gasteiger charge is 2.12. The summed E-state index contributed by atoms with van der Waals surface area (Å²) in [5.74, 6) is -0.446. The lowest BCUT2D eigenvalue weighted by molar-refractivity contribution is 0.0595. The standard InChI is InChI=1S/C10H7Cl2NO2/c1-15-10(14)8-4-5-6(11)2-3-7(12)9(5)13-8/h2-4,13H,1H3. The molecule has 3 nitrogen and oxygen atoms in total. The van der Waals surface area contributed by atoms with Crippen molar-refractivity contribution in [1.82, 2.24) is 4.98 Å². The second-order valence-corrected chi connectivity index (χ2v) is 3.81. The van der Waals surface area contributed by atoms with Gasteiger partial charge in [0.1, 0.15) is 5.69 Å². The molecule has 0 unspecified atom stereocenters. The monoisotopic (exact) mass is 243 g/mol. The molecule has 0 amide bonds. The molecule has 15 heavy (non-hydrogen) atoms. The summed E-state index contributed by atoms with van der Waals surface area (Å²) in [6.07, 6.45) is 0. The van der Waals surface area contributed by atoms with Crippen LogP contribution in [0.15, 0.2) is 18.2 Å². The molecule has 2 aromatic rings. The number of aromatic amines is 1. The quantitative estimate of drug-likeness (QED) is 0.782. The predicted molar refractivity (Wildman–Crippen MR) is 59.7 cm³/mol. The number of benzene rings is 1. The van der Waals surface area contributed by atoms with Gasteiger partial charge in [-0.15, -0.1) is 0 Å². The normalized spacial score (nSPS) is 10.6. The molecule has 2 rings (SSSR count). The van der Waals surface area contributed by atoms with Crippen molar-refractivity contribution < 1.29 is 9.53 Å². The van der Waals surface area contributed by atoms with Crippen LogP contribution >= 0.6 is 23.2 Å². The molecule has 1 aromatic heterocycles. The van der Waals surface area contributed by atoms with Crippen molar-refractivity contribution in [2.24, 2.45) is 0 Å². The van der Waals surface area contributed by atoms with Gasteiger partial charge < -0.3 is 9.72 Å². The van der Waals surface area contributed by atoms with Crippen molar-refractivity contribution >= 4 is 40.1 Å². The molecule has 0 aliphatic carbocycles. The van der Waals surface area contributed by atoms with Crippen LogP contribution in [0.3, 0.4) is 0 Å². The summed E-state index contributed by atoms with van der Waals surface area (Å²) >= 11 is 11.9. The highest BCUT2D eigenvalue weighted by Crippen LogP contribution is 2.30. The van der Waals surface area contributed by atoms with Crippen molar-refractivity contribution in [3.8, 4) is 0 Å². The molecular weight excluding hydrogens is 237 g/mol.